The van der Waals surface area contributed by atoms with Gasteiger partial charge in [-0.2, -0.15) is 0 Å². The molecular formula is C20H20O6. The molecule has 0 aliphatic carbocycles. The second kappa shape index (κ2) is 6.83. The van der Waals surface area contributed by atoms with Crippen molar-refractivity contribution in [2.75, 3.05) is 6.61 Å². The van der Waals surface area contributed by atoms with E-state index in [1.807, 2.05) is 54.6 Å². The van der Waals surface area contributed by atoms with Gasteiger partial charge in [0.15, 0.2) is 0 Å². The van der Waals surface area contributed by atoms with Gasteiger partial charge in [-0.15, -0.1) is 0 Å². The molecule has 0 aromatic heterocycles. The Kier molecular flexibility index (Phi) is 4.52. The highest BCUT2D eigenvalue weighted by atomic mass is 16.7. The summed E-state index contributed by atoms with van der Waals surface area (Å²) in [6.45, 7) is -0.499. The number of rotatable bonds is 3. The van der Waals surface area contributed by atoms with E-state index in [0.717, 1.165) is 21.5 Å². The number of hydrogen-bond donors (Lipinski definition) is 4. The molecule has 136 valence electrons. The van der Waals surface area contributed by atoms with Crippen molar-refractivity contribution in [2.24, 2.45) is 0 Å². The van der Waals surface area contributed by atoms with Gasteiger partial charge in [0.1, 0.15) is 30.2 Å². The summed E-state index contributed by atoms with van der Waals surface area (Å²) in [6, 6.07) is 17.4. The highest BCUT2D eigenvalue weighted by Crippen LogP contribution is 2.36. The lowest BCUT2D eigenvalue weighted by atomic mass is 9.99. The highest BCUT2D eigenvalue weighted by Gasteiger charge is 2.44. The van der Waals surface area contributed by atoms with Crippen LogP contribution < -0.4 is 4.74 Å². The van der Waals surface area contributed by atoms with Crippen molar-refractivity contribution < 1.29 is 29.9 Å². The average molecular weight is 356 g/mol. The lowest BCUT2D eigenvalue weighted by molar-refractivity contribution is -0.277. The van der Waals surface area contributed by atoms with Crippen LogP contribution in [0.3, 0.4) is 0 Å². The van der Waals surface area contributed by atoms with Gasteiger partial charge in [-0.3, -0.25) is 0 Å². The molecule has 5 atom stereocenters. The standard InChI is InChI=1S/C20H20O6/c21-10-15-16(22)17(23)18(24)20(25-15)26-19-13-7-3-1-5-11(13)9-12-6-2-4-8-14(12)19/h1-9,15-18,20-24H,10H2/t15-,16+,17+,18-,20-/m1/s1. The summed E-state index contributed by atoms with van der Waals surface area (Å²) >= 11 is 0. The normalized spacial score (nSPS) is 29.2. The number of aliphatic hydroxyl groups excluding tert-OH is 4. The predicted octanol–water partition coefficient (Wildman–Crippen LogP) is 1.17. The van der Waals surface area contributed by atoms with Crippen molar-refractivity contribution in [3.63, 3.8) is 0 Å². The minimum absolute atomic E-state index is 0.499. The first-order chi connectivity index (χ1) is 12.6. The van der Waals surface area contributed by atoms with E-state index in [-0.39, 0.29) is 0 Å². The van der Waals surface area contributed by atoms with Gasteiger partial charge in [-0.05, 0) is 16.8 Å². The van der Waals surface area contributed by atoms with Gasteiger partial charge in [0, 0.05) is 10.8 Å². The number of aliphatic hydroxyl groups is 4. The van der Waals surface area contributed by atoms with Crippen LogP contribution in [-0.4, -0.2) is 57.7 Å². The van der Waals surface area contributed by atoms with Crippen molar-refractivity contribution >= 4 is 21.5 Å². The zero-order chi connectivity index (χ0) is 18.3. The Morgan fingerprint density at radius 2 is 1.38 bits per heavy atom. The largest absolute Gasteiger partial charge is 0.461 e. The van der Waals surface area contributed by atoms with Crippen LogP contribution in [0.15, 0.2) is 54.6 Å². The molecule has 0 spiro atoms. The summed E-state index contributed by atoms with van der Waals surface area (Å²) in [5.74, 6) is 0.517. The number of benzene rings is 3. The first-order valence-electron chi connectivity index (χ1n) is 8.48. The first kappa shape index (κ1) is 17.2. The summed E-state index contributed by atoms with van der Waals surface area (Å²) in [5, 5.41) is 43.2. The molecule has 26 heavy (non-hydrogen) atoms. The summed E-state index contributed by atoms with van der Waals surface area (Å²) < 4.78 is 11.5. The Hall–Kier alpha value is -2.22. The van der Waals surface area contributed by atoms with Crippen molar-refractivity contribution in [3.05, 3.63) is 54.6 Å². The van der Waals surface area contributed by atoms with Crippen LogP contribution >= 0.6 is 0 Å². The van der Waals surface area contributed by atoms with Crippen LogP contribution in [0.5, 0.6) is 5.75 Å². The molecule has 1 aliphatic rings. The minimum Gasteiger partial charge on any atom is -0.461 e. The van der Waals surface area contributed by atoms with Gasteiger partial charge in [0.2, 0.25) is 6.29 Å². The Morgan fingerprint density at radius 3 is 1.96 bits per heavy atom. The van der Waals surface area contributed by atoms with Crippen LogP contribution in [-0.2, 0) is 4.74 Å². The smallest absolute Gasteiger partial charge is 0.229 e. The van der Waals surface area contributed by atoms with E-state index in [2.05, 4.69) is 0 Å². The van der Waals surface area contributed by atoms with Crippen LogP contribution in [0, 0.1) is 0 Å². The lowest BCUT2D eigenvalue weighted by Gasteiger charge is -2.39. The molecule has 0 bridgehead atoms. The molecule has 6 nitrogen and oxygen atoms in total. The number of hydrogen-bond acceptors (Lipinski definition) is 6. The van der Waals surface area contributed by atoms with Crippen molar-refractivity contribution in [2.45, 2.75) is 30.7 Å². The quantitative estimate of drug-likeness (QED) is 0.526. The number of ether oxygens (including phenoxy) is 2. The molecule has 1 fully saturated rings. The molecule has 6 heteroatoms. The molecule has 0 amide bonds. The third-order valence-electron chi connectivity index (χ3n) is 4.80. The lowest BCUT2D eigenvalue weighted by Crippen LogP contribution is -2.60. The van der Waals surface area contributed by atoms with Gasteiger partial charge in [0.05, 0.1) is 6.61 Å². The van der Waals surface area contributed by atoms with E-state index in [1.165, 1.54) is 0 Å². The second-order valence-corrected chi connectivity index (χ2v) is 6.46. The van der Waals surface area contributed by atoms with Gasteiger partial charge in [0.25, 0.3) is 0 Å². The van der Waals surface area contributed by atoms with Crippen molar-refractivity contribution in [1.82, 2.24) is 0 Å². The molecule has 1 heterocycles. The van der Waals surface area contributed by atoms with Gasteiger partial charge >= 0.3 is 0 Å². The first-order valence-corrected chi connectivity index (χ1v) is 8.48. The average Bonchev–Trinajstić information content (AvgIpc) is 2.68. The van der Waals surface area contributed by atoms with E-state index in [1.54, 1.807) is 0 Å². The predicted molar refractivity (Wildman–Crippen MR) is 95.8 cm³/mol. The second-order valence-electron chi connectivity index (χ2n) is 6.46. The zero-order valence-electron chi connectivity index (χ0n) is 13.9. The molecule has 0 unspecified atom stereocenters. The summed E-state index contributed by atoms with van der Waals surface area (Å²) in [7, 11) is 0. The SMILES string of the molecule is OC[C@H]1O[C@H](Oc2c3ccccc3cc3ccccc23)[C@H](O)[C@@H](O)[C@H]1O. The van der Waals surface area contributed by atoms with Crippen LogP contribution in [0.4, 0.5) is 0 Å². The maximum atomic E-state index is 10.3. The highest BCUT2D eigenvalue weighted by molar-refractivity contribution is 6.05. The molecular weight excluding hydrogens is 336 g/mol. The molecule has 4 N–H and O–H groups in total. The van der Waals surface area contributed by atoms with E-state index in [0.29, 0.717) is 5.75 Å². The van der Waals surface area contributed by atoms with Gasteiger partial charge in [-0.25, -0.2) is 0 Å². The molecule has 0 radical (unpaired) electrons. The monoisotopic (exact) mass is 356 g/mol. The molecule has 4 rings (SSSR count). The van der Waals surface area contributed by atoms with Crippen LogP contribution in [0.2, 0.25) is 0 Å². The molecule has 1 aliphatic heterocycles. The van der Waals surface area contributed by atoms with E-state index in [4.69, 9.17) is 9.47 Å². The number of fused-ring (bicyclic) bond motifs is 2. The Labute approximate surface area is 149 Å². The third-order valence-corrected chi connectivity index (χ3v) is 4.80. The molecule has 3 aromatic rings. The fraction of sp³-hybridized carbons (Fsp3) is 0.300. The Morgan fingerprint density at radius 1 is 0.808 bits per heavy atom. The van der Waals surface area contributed by atoms with Gasteiger partial charge < -0.3 is 29.9 Å². The van der Waals surface area contributed by atoms with Crippen molar-refractivity contribution in [3.8, 4) is 5.75 Å². The topological polar surface area (TPSA) is 99.4 Å². The van der Waals surface area contributed by atoms with Crippen molar-refractivity contribution in [1.29, 1.82) is 0 Å². The zero-order valence-corrected chi connectivity index (χ0v) is 13.9. The van der Waals surface area contributed by atoms with Crippen LogP contribution in [0.1, 0.15) is 0 Å². The van der Waals surface area contributed by atoms with E-state index >= 15 is 0 Å². The summed E-state index contributed by atoms with van der Waals surface area (Å²) in [4.78, 5) is 0. The minimum atomic E-state index is -1.48. The fourth-order valence-corrected chi connectivity index (χ4v) is 3.38. The Bertz CT molecular complexity index is 870. The maximum Gasteiger partial charge on any atom is 0.229 e. The fourth-order valence-electron chi connectivity index (χ4n) is 3.38. The third kappa shape index (κ3) is 2.82. The van der Waals surface area contributed by atoms with Crippen LogP contribution in [0.25, 0.3) is 21.5 Å². The molecule has 3 aromatic carbocycles. The van der Waals surface area contributed by atoms with E-state index < -0.39 is 37.3 Å². The molecule has 1 saturated heterocycles. The van der Waals surface area contributed by atoms with E-state index in [9.17, 15) is 20.4 Å². The Balaban J connectivity index is 1.80. The van der Waals surface area contributed by atoms with Gasteiger partial charge in [-0.1, -0.05) is 48.5 Å². The molecule has 0 saturated carbocycles. The summed E-state index contributed by atoms with van der Waals surface area (Å²) in [5.41, 5.74) is 0. The maximum absolute atomic E-state index is 10.3. The summed E-state index contributed by atoms with van der Waals surface area (Å²) in [6.07, 6.45) is -6.59.